The summed E-state index contributed by atoms with van der Waals surface area (Å²) in [6.07, 6.45) is 10.8. The highest BCUT2D eigenvalue weighted by molar-refractivity contribution is 5.70. The summed E-state index contributed by atoms with van der Waals surface area (Å²) in [7, 11) is 0. The summed E-state index contributed by atoms with van der Waals surface area (Å²) in [6, 6.07) is 23.4. The first-order valence-corrected chi connectivity index (χ1v) is 9.16. The molecule has 2 heteroatoms. The fourth-order valence-electron chi connectivity index (χ4n) is 4.11. The van der Waals surface area contributed by atoms with Gasteiger partial charge in [0.15, 0.2) is 0 Å². The number of nitrogens with zero attached hydrogens (tertiary/aromatic N) is 2. The quantitative estimate of drug-likeness (QED) is 0.597. The van der Waals surface area contributed by atoms with E-state index in [-0.39, 0.29) is 0 Å². The van der Waals surface area contributed by atoms with Crippen molar-refractivity contribution in [2.24, 2.45) is 0 Å². The lowest BCUT2D eigenvalue weighted by molar-refractivity contribution is 0.702. The Balaban J connectivity index is 1.59. The first kappa shape index (κ1) is 15.2. The molecule has 1 aromatic heterocycles. The molecule has 1 aliphatic carbocycles. The van der Waals surface area contributed by atoms with Crippen LogP contribution >= 0.6 is 0 Å². The van der Waals surface area contributed by atoms with E-state index < -0.39 is 0 Å². The summed E-state index contributed by atoms with van der Waals surface area (Å²) in [5.41, 5.74) is 7.75. The van der Waals surface area contributed by atoms with Crippen LogP contribution in [-0.4, -0.2) is 4.98 Å². The molecule has 0 saturated carbocycles. The first-order valence-electron chi connectivity index (χ1n) is 9.16. The van der Waals surface area contributed by atoms with Crippen LogP contribution in [0.25, 0.3) is 11.1 Å². The average Bonchev–Trinajstić information content (AvgIpc) is 2.74. The molecule has 0 amide bonds. The number of benzene rings is 2. The molecule has 3 aromatic rings. The highest BCUT2D eigenvalue weighted by Crippen LogP contribution is 2.42. The molecule has 2 nitrogen and oxygen atoms in total. The number of anilines is 1. The maximum atomic E-state index is 4.82. The summed E-state index contributed by atoms with van der Waals surface area (Å²) in [6.45, 7) is 0. The number of para-hydroxylation sites is 1. The molecule has 1 atom stereocenters. The number of aromatic nitrogens is 1. The van der Waals surface area contributed by atoms with Crippen LogP contribution in [0.15, 0.2) is 97.0 Å². The van der Waals surface area contributed by atoms with Crippen LogP contribution in [0.4, 0.5) is 5.69 Å². The molecule has 0 saturated heterocycles. The Hall–Kier alpha value is -3.13. The Labute approximate surface area is 154 Å². The van der Waals surface area contributed by atoms with E-state index in [4.69, 9.17) is 4.98 Å². The smallest absolute Gasteiger partial charge is 0.0537 e. The van der Waals surface area contributed by atoms with Gasteiger partial charge in [0.1, 0.15) is 0 Å². The van der Waals surface area contributed by atoms with Gasteiger partial charge in [-0.05, 0) is 47.7 Å². The molecule has 0 bridgehead atoms. The second-order valence-corrected chi connectivity index (χ2v) is 6.80. The number of fused-ring (bicyclic) bond motifs is 3. The Morgan fingerprint density at radius 1 is 0.885 bits per heavy atom. The van der Waals surface area contributed by atoms with Gasteiger partial charge < -0.3 is 4.90 Å². The van der Waals surface area contributed by atoms with Gasteiger partial charge in [0, 0.05) is 29.7 Å². The van der Waals surface area contributed by atoms with Gasteiger partial charge in [-0.25, -0.2) is 0 Å². The van der Waals surface area contributed by atoms with E-state index in [0.717, 1.165) is 12.8 Å². The monoisotopic (exact) mass is 336 g/mol. The lowest BCUT2D eigenvalue weighted by Gasteiger charge is -2.36. The summed E-state index contributed by atoms with van der Waals surface area (Å²) in [5, 5.41) is 0. The van der Waals surface area contributed by atoms with Crippen LogP contribution in [0, 0.1) is 0 Å². The van der Waals surface area contributed by atoms with Gasteiger partial charge in [-0.3, -0.25) is 4.98 Å². The van der Waals surface area contributed by atoms with E-state index in [1.807, 2.05) is 6.20 Å². The largest absolute Gasteiger partial charge is 0.321 e. The third-order valence-electron chi connectivity index (χ3n) is 5.32. The number of rotatable bonds is 2. The zero-order valence-corrected chi connectivity index (χ0v) is 14.5. The molecule has 126 valence electrons. The van der Waals surface area contributed by atoms with E-state index in [0.29, 0.717) is 5.92 Å². The molecule has 5 rings (SSSR count). The van der Waals surface area contributed by atoms with Gasteiger partial charge in [-0.1, -0.05) is 60.7 Å². The highest BCUT2D eigenvalue weighted by atomic mass is 15.1. The predicted octanol–water partition coefficient (Wildman–Crippen LogP) is 5.70. The molecule has 0 N–H and O–H groups in total. The number of hydrogen-bond donors (Lipinski definition) is 0. The third kappa shape index (κ3) is 2.46. The normalized spacial score (nSPS) is 18.1. The van der Waals surface area contributed by atoms with Crippen molar-refractivity contribution in [3.8, 4) is 11.1 Å². The first-order chi connectivity index (χ1) is 12.9. The van der Waals surface area contributed by atoms with Crippen LogP contribution in [0.3, 0.4) is 0 Å². The van der Waals surface area contributed by atoms with E-state index in [2.05, 4.69) is 90.0 Å². The maximum Gasteiger partial charge on any atom is 0.0537 e. The average molecular weight is 336 g/mol. The van der Waals surface area contributed by atoms with Crippen LogP contribution in [-0.2, 0) is 6.42 Å². The SMILES string of the molecule is C1=CN(c2ccccc2)C2=CCc3c(-c4ccccc4)ccnc3C2C1. The topological polar surface area (TPSA) is 16.1 Å². The van der Waals surface area contributed by atoms with Gasteiger partial charge in [-0.2, -0.15) is 0 Å². The van der Waals surface area contributed by atoms with Crippen molar-refractivity contribution in [3.05, 3.63) is 108 Å². The molecule has 2 heterocycles. The second kappa shape index (κ2) is 6.30. The van der Waals surface area contributed by atoms with E-state index in [9.17, 15) is 0 Å². The van der Waals surface area contributed by atoms with Crippen LogP contribution in [0.2, 0.25) is 0 Å². The minimum absolute atomic E-state index is 0.326. The van der Waals surface area contributed by atoms with Crippen molar-refractivity contribution in [3.63, 3.8) is 0 Å². The standard InChI is InChI=1S/C24H20N2/c1-3-8-18(9-4-1)20-15-16-25-24-21(20)13-14-23-22(24)12-7-17-26(23)19-10-5-2-6-11-19/h1-11,14-17,22H,12-13H2. The molecule has 0 radical (unpaired) electrons. The van der Waals surface area contributed by atoms with E-state index in [1.54, 1.807) is 0 Å². The Morgan fingerprint density at radius 3 is 2.46 bits per heavy atom. The van der Waals surface area contributed by atoms with Crippen LogP contribution in [0.5, 0.6) is 0 Å². The van der Waals surface area contributed by atoms with Gasteiger partial charge in [-0.15, -0.1) is 0 Å². The summed E-state index contributed by atoms with van der Waals surface area (Å²) >= 11 is 0. The zero-order chi connectivity index (χ0) is 17.3. The lowest BCUT2D eigenvalue weighted by Crippen LogP contribution is -2.28. The van der Waals surface area contributed by atoms with Crippen molar-refractivity contribution in [2.45, 2.75) is 18.8 Å². The van der Waals surface area contributed by atoms with Crippen molar-refractivity contribution in [1.29, 1.82) is 0 Å². The van der Waals surface area contributed by atoms with Crippen LogP contribution in [0.1, 0.15) is 23.6 Å². The summed E-state index contributed by atoms with van der Waals surface area (Å²) < 4.78 is 0. The van der Waals surface area contributed by atoms with Gasteiger partial charge in [0.2, 0.25) is 0 Å². The third-order valence-corrected chi connectivity index (χ3v) is 5.32. The highest BCUT2D eigenvalue weighted by Gasteiger charge is 2.31. The maximum absolute atomic E-state index is 4.82. The molecule has 0 spiro atoms. The summed E-state index contributed by atoms with van der Waals surface area (Å²) in [4.78, 5) is 7.13. The molecule has 0 fully saturated rings. The molecule has 26 heavy (non-hydrogen) atoms. The molecule has 2 aliphatic rings. The lowest BCUT2D eigenvalue weighted by atomic mass is 9.82. The Kier molecular flexibility index (Phi) is 3.67. The van der Waals surface area contributed by atoms with Crippen molar-refractivity contribution in [2.75, 3.05) is 4.90 Å². The minimum Gasteiger partial charge on any atom is -0.321 e. The number of pyridine rings is 1. The summed E-state index contributed by atoms with van der Waals surface area (Å²) in [5.74, 6) is 0.326. The Bertz CT molecular complexity index is 987. The molecule has 1 aliphatic heterocycles. The molecular formula is C24H20N2. The van der Waals surface area contributed by atoms with E-state index >= 15 is 0 Å². The Morgan fingerprint density at radius 2 is 1.65 bits per heavy atom. The molecular weight excluding hydrogens is 316 g/mol. The second-order valence-electron chi connectivity index (χ2n) is 6.80. The zero-order valence-electron chi connectivity index (χ0n) is 14.5. The molecule has 2 aromatic carbocycles. The predicted molar refractivity (Wildman–Crippen MR) is 107 cm³/mol. The number of hydrogen-bond acceptors (Lipinski definition) is 2. The van der Waals surface area contributed by atoms with E-state index in [1.165, 1.54) is 33.8 Å². The number of allylic oxidation sites excluding steroid dienone is 3. The van der Waals surface area contributed by atoms with Gasteiger partial charge in [0.25, 0.3) is 0 Å². The van der Waals surface area contributed by atoms with Crippen molar-refractivity contribution in [1.82, 2.24) is 4.98 Å². The minimum atomic E-state index is 0.326. The van der Waals surface area contributed by atoms with Gasteiger partial charge in [0.05, 0.1) is 5.69 Å². The van der Waals surface area contributed by atoms with Crippen molar-refractivity contribution < 1.29 is 0 Å². The van der Waals surface area contributed by atoms with Crippen LogP contribution < -0.4 is 4.90 Å². The fraction of sp³-hybridized carbons (Fsp3) is 0.125. The molecule has 1 unspecified atom stereocenters. The fourth-order valence-corrected chi connectivity index (χ4v) is 4.11. The van der Waals surface area contributed by atoms with Gasteiger partial charge >= 0.3 is 0 Å². The van der Waals surface area contributed by atoms with Crippen molar-refractivity contribution >= 4 is 5.69 Å².